The van der Waals surface area contributed by atoms with Crippen LogP contribution in [0.4, 0.5) is 0 Å². The van der Waals surface area contributed by atoms with Crippen molar-refractivity contribution >= 4 is 57.8 Å². The highest BCUT2D eigenvalue weighted by molar-refractivity contribution is 8.26. The fraction of sp³-hybridized carbons (Fsp3) is 0.115. The molecule has 0 spiro atoms. The second-order valence-corrected chi connectivity index (χ2v) is 9.56. The summed E-state index contributed by atoms with van der Waals surface area (Å²) in [7, 11) is 3.08. The van der Waals surface area contributed by atoms with Gasteiger partial charge in [0.1, 0.15) is 12.4 Å². The summed E-state index contributed by atoms with van der Waals surface area (Å²) in [6, 6.07) is 19.3. The summed E-state index contributed by atoms with van der Waals surface area (Å²) in [5.41, 5.74) is 4.49. The smallest absolute Gasteiger partial charge is 0.285 e. The topological polar surface area (TPSA) is 77.1 Å². The summed E-state index contributed by atoms with van der Waals surface area (Å²) >= 11 is 12.6. The molecule has 36 heavy (non-hydrogen) atoms. The Bertz CT molecular complexity index is 1340. The average molecular weight is 541 g/mol. The Balaban J connectivity index is 1.46. The van der Waals surface area contributed by atoms with E-state index in [1.54, 1.807) is 61.7 Å². The molecule has 0 radical (unpaired) electrons. The van der Waals surface area contributed by atoms with Crippen molar-refractivity contribution in [3.05, 3.63) is 93.3 Å². The lowest BCUT2D eigenvalue weighted by molar-refractivity contribution is -0.123. The van der Waals surface area contributed by atoms with Crippen molar-refractivity contribution in [3.63, 3.8) is 0 Å². The molecule has 3 aromatic rings. The number of rotatable bonds is 8. The van der Waals surface area contributed by atoms with Crippen LogP contribution >= 0.6 is 35.6 Å². The predicted octanol–water partition coefficient (Wildman–Crippen LogP) is 5.48. The van der Waals surface area contributed by atoms with Crippen LogP contribution in [0.5, 0.6) is 17.2 Å². The molecule has 10 heteroatoms. The molecule has 1 saturated heterocycles. The van der Waals surface area contributed by atoms with Crippen molar-refractivity contribution in [1.82, 2.24) is 10.4 Å². The van der Waals surface area contributed by atoms with Crippen LogP contribution in [0, 0.1) is 0 Å². The minimum atomic E-state index is -0.461. The van der Waals surface area contributed by atoms with E-state index in [2.05, 4.69) is 5.43 Å². The first-order valence-corrected chi connectivity index (χ1v) is 12.3. The van der Waals surface area contributed by atoms with Crippen molar-refractivity contribution in [2.75, 3.05) is 14.2 Å². The van der Waals surface area contributed by atoms with E-state index in [1.165, 1.54) is 7.11 Å². The molecule has 1 aliphatic rings. The Morgan fingerprint density at radius 1 is 1.06 bits per heavy atom. The molecule has 1 aliphatic heterocycles. The summed E-state index contributed by atoms with van der Waals surface area (Å²) in [4.78, 5) is 25.9. The van der Waals surface area contributed by atoms with Crippen LogP contribution in [0.1, 0.15) is 21.5 Å². The van der Waals surface area contributed by atoms with E-state index in [0.717, 1.165) is 22.3 Å². The molecule has 0 bridgehead atoms. The van der Waals surface area contributed by atoms with Gasteiger partial charge in [-0.2, -0.15) is 5.01 Å². The van der Waals surface area contributed by atoms with Gasteiger partial charge >= 0.3 is 0 Å². The standard InChI is InChI=1S/C26H21ClN2O5S2/c1-32-19-10-8-17(9-11-19)24(30)28-29-25(31)23(36-26(29)35)14-16-7-12-21(22(13-16)33-2)34-15-18-5-3-4-6-20(18)27/h3-14H,15H2,1-2H3,(H,28,30)/b23-14+. The molecular weight excluding hydrogens is 520 g/mol. The summed E-state index contributed by atoms with van der Waals surface area (Å²) in [5.74, 6) is 0.769. The van der Waals surface area contributed by atoms with Gasteiger partial charge in [-0.1, -0.05) is 47.6 Å². The molecule has 1 heterocycles. The second-order valence-electron chi connectivity index (χ2n) is 7.48. The molecule has 0 aromatic heterocycles. The number of nitrogens with one attached hydrogen (secondary N) is 1. The maximum Gasteiger partial charge on any atom is 0.285 e. The highest BCUT2D eigenvalue weighted by atomic mass is 35.5. The van der Waals surface area contributed by atoms with Gasteiger partial charge in [-0.3, -0.25) is 15.0 Å². The summed E-state index contributed by atoms with van der Waals surface area (Å²) in [6.07, 6.45) is 1.68. The monoisotopic (exact) mass is 540 g/mol. The van der Waals surface area contributed by atoms with Crippen LogP contribution in [-0.4, -0.2) is 35.4 Å². The van der Waals surface area contributed by atoms with E-state index >= 15 is 0 Å². The predicted molar refractivity (Wildman–Crippen MR) is 144 cm³/mol. The van der Waals surface area contributed by atoms with Crippen LogP contribution in [0.15, 0.2) is 71.6 Å². The van der Waals surface area contributed by atoms with Gasteiger partial charge in [0.2, 0.25) is 0 Å². The van der Waals surface area contributed by atoms with E-state index in [4.69, 9.17) is 38.0 Å². The maximum atomic E-state index is 12.9. The Kier molecular flexibility index (Phi) is 8.14. The molecule has 0 atom stereocenters. The number of hydrogen-bond donors (Lipinski definition) is 1. The molecule has 1 N–H and O–H groups in total. The molecule has 2 amide bonds. The zero-order chi connectivity index (χ0) is 25.7. The van der Waals surface area contributed by atoms with Gasteiger partial charge in [0.25, 0.3) is 11.8 Å². The number of nitrogens with zero attached hydrogens (tertiary/aromatic N) is 1. The number of benzene rings is 3. The third kappa shape index (κ3) is 5.81. The SMILES string of the molecule is COc1ccc(C(=O)NN2C(=O)/C(=C\c3ccc(OCc4ccccc4Cl)c(OC)c3)SC2=S)cc1. The highest BCUT2D eigenvalue weighted by Crippen LogP contribution is 2.34. The van der Waals surface area contributed by atoms with Crippen molar-refractivity contribution in [3.8, 4) is 17.2 Å². The van der Waals surface area contributed by atoms with E-state index in [1.807, 2.05) is 18.2 Å². The van der Waals surface area contributed by atoms with Crippen molar-refractivity contribution in [1.29, 1.82) is 0 Å². The third-order valence-electron chi connectivity index (χ3n) is 5.19. The summed E-state index contributed by atoms with van der Waals surface area (Å²) in [6.45, 7) is 0.280. The Labute approximate surface area is 222 Å². The molecule has 3 aromatic carbocycles. The molecular formula is C26H21ClN2O5S2. The van der Waals surface area contributed by atoms with Gasteiger partial charge < -0.3 is 14.2 Å². The molecule has 184 valence electrons. The zero-order valence-electron chi connectivity index (χ0n) is 19.3. The van der Waals surface area contributed by atoms with E-state index < -0.39 is 11.8 Å². The number of thiocarbonyl (C=S) groups is 1. The lowest BCUT2D eigenvalue weighted by atomic mass is 10.2. The number of thioether (sulfide) groups is 1. The third-order valence-corrected chi connectivity index (χ3v) is 6.86. The number of carbonyl (C=O) groups is 2. The minimum absolute atomic E-state index is 0.222. The Morgan fingerprint density at radius 2 is 1.81 bits per heavy atom. The van der Waals surface area contributed by atoms with Gasteiger partial charge in [-0.25, -0.2) is 0 Å². The largest absolute Gasteiger partial charge is 0.497 e. The van der Waals surface area contributed by atoms with Gasteiger partial charge in [-0.05, 0) is 66.3 Å². The van der Waals surface area contributed by atoms with Crippen LogP contribution in [0.2, 0.25) is 5.02 Å². The first-order valence-electron chi connectivity index (χ1n) is 10.7. The van der Waals surface area contributed by atoms with Gasteiger partial charge in [-0.15, -0.1) is 0 Å². The van der Waals surface area contributed by atoms with E-state index in [-0.39, 0.29) is 10.9 Å². The average Bonchev–Trinajstić information content (AvgIpc) is 3.15. The number of carbonyl (C=O) groups excluding carboxylic acids is 2. The molecule has 0 aliphatic carbocycles. The van der Waals surface area contributed by atoms with Crippen LogP contribution in [0.3, 0.4) is 0 Å². The van der Waals surface area contributed by atoms with Crippen LogP contribution in [0.25, 0.3) is 6.08 Å². The first-order chi connectivity index (χ1) is 17.4. The fourth-order valence-electron chi connectivity index (χ4n) is 3.29. The minimum Gasteiger partial charge on any atom is -0.497 e. The maximum absolute atomic E-state index is 12.9. The zero-order valence-corrected chi connectivity index (χ0v) is 21.7. The number of methoxy groups -OCH3 is 2. The van der Waals surface area contributed by atoms with Crippen molar-refractivity contribution < 1.29 is 23.8 Å². The van der Waals surface area contributed by atoms with Gasteiger partial charge in [0.05, 0.1) is 19.1 Å². The molecule has 7 nitrogen and oxygen atoms in total. The quantitative estimate of drug-likeness (QED) is 0.299. The molecule has 1 fully saturated rings. The van der Waals surface area contributed by atoms with Crippen molar-refractivity contribution in [2.24, 2.45) is 0 Å². The van der Waals surface area contributed by atoms with Gasteiger partial charge in [0, 0.05) is 16.1 Å². The Hall–Kier alpha value is -3.53. The number of hydrogen-bond acceptors (Lipinski definition) is 7. The lowest BCUT2D eigenvalue weighted by Crippen LogP contribution is -2.44. The normalized spacial score (nSPS) is 14.2. The number of halogens is 1. The van der Waals surface area contributed by atoms with Crippen LogP contribution < -0.4 is 19.6 Å². The second kappa shape index (κ2) is 11.5. The highest BCUT2D eigenvalue weighted by Gasteiger charge is 2.33. The number of amides is 2. The summed E-state index contributed by atoms with van der Waals surface area (Å²) in [5, 5.41) is 1.69. The Morgan fingerprint density at radius 3 is 2.50 bits per heavy atom. The van der Waals surface area contributed by atoms with Gasteiger partial charge in [0.15, 0.2) is 15.8 Å². The lowest BCUT2D eigenvalue weighted by Gasteiger charge is -2.15. The van der Waals surface area contributed by atoms with Crippen LogP contribution in [-0.2, 0) is 11.4 Å². The number of ether oxygens (including phenoxy) is 3. The first kappa shape index (κ1) is 25.6. The molecule has 0 unspecified atom stereocenters. The van der Waals surface area contributed by atoms with Crippen molar-refractivity contribution in [2.45, 2.75) is 6.61 Å². The number of hydrazine groups is 1. The van der Waals surface area contributed by atoms with E-state index in [9.17, 15) is 9.59 Å². The summed E-state index contributed by atoms with van der Waals surface area (Å²) < 4.78 is 16.7. The van der Waals surface area contributed by atoms with E-state index in [0.29, 0.717) is 38.3 Å². The molecule has 4 rings (SSSR count). The fourth-order valence-corrected chi connectivity index (χ4v) is 4.66. The molecule has 0 saturated carbocycles.